The zero-order valence-corrected chi connectivity index (χ0v) is 14.7. The van der Waals surface area contributed by atoms with Crippen LogP contribution in [-0.2, 0) is 17.9 Å². The highest BCUT2D eigenvalue weighted by Gasteiger charge is 2.27. The van der Waals surface area contributed by atoms with Gasteiger partial charge in [0.1, 0.15) is 12.4 Å². The van der Waals surface area contributed by atoms with Gasteiger partial charge in [-0.1, -0.05) is 6.92 Å². The van der Waals surface area contributed by atoms with Crippen molar-refractivity contribution in [1.82, 2.24) is 9.55 Å². The van der Waals surface area contributed by atoms with Crippen LogP contribution in [0.5, 0.6) is 5.75 Å². The smallest absolute Gasteiger partial charge is 0.258 e. The Balaban J connectivity index is 1.75. The topological polar surface area (TPSA) is 53.4 Å². The summed E-state index contributed by atoms with van der Waals surface area (Å²) in [5.74, 6) is 0.803. The van der Waals surface area contributed by atoms with E-state index in [0.717, 1.165) is 56.7 Å². The van der Waals surface area contributed by atoms with Crippen LogP contribution in [0.4, 0.5) is 0 Å². The lowest BCUT2D eigenvalue weighted by molar-refractivity contribution is 0.230. The quantitative estimate of drug-likeness (QED) is 0.555. The average Bonchev–Trinajstić information content (AvgIpc) is 3.03. The fourth-order valence-electron chi connectivity index (χ4n) is 3.87. The van der Waals surface area contributed by atoms with Gasteiger partial charge in [-0.05, 0) is 47.9 Å². The summed E-state index contributed by atoms with van der Waals surface area (Å²) >= 11 is 0. The molecule has 2 aliphatic heterocycles. The highest BCUT2D eigenvalue weighted by atomic mass is 16.5. The third-order valence-corrected chi connectivity index (χ3v) is 5.25. The van der Waals surface area contributed by atoms with Crippen LogP contribution >= 0.6 is 0 Å². The molecule has 0 aliphatic carbocycles. The van der Waals surface area contributed by atoms with E-state index in [0.29, 0.717) is 13.2 Å². The molecule has 26 heavy (non-hydrogen) atoms. The van der Waals surface area contributed by atoms with Gasteiger partial charge in [0.25, 0.3) is 5.56 Å². The fraction of sp³-hybridized carbons (Fsp3) is 0.238. The Kier molecular flexibility index (Phi) is 3.19. The number of pyridine rings is 2. The second-order valence-corrected chi connectivity index (χ2v) is 6.68. The second kappa shape index (κ2) is 5.46. The van der Waals surface area contributed by atoms with Crippen molar-refractivity contribution in [2.75, 3.05) is 7.11 Å². The first-order chi connectivity index (χ1) is 12.7. The van der Waals surface area contributed by atoms with Gasteiger partial charge in [-0.25, -0.2) is 4.98 Å². The van der Waals surface area contributed by atoms with Crippen LogP contribution < -0.4 is 10.3 Å². The maximum atomic E-state index is 13.0. The maximum absolute atomic E-state index is 13.0. The Morgan fingerprint density at radius 2 is 2.15 bits per heavy atom. The van der Waals surface area contributed by atoms with Crippen LogP contribution in [0.3, 0.4) is 0 Å². The van der Waals surface area contributed by atoms with Gasteiger partial charge in [-0.2, -0.15) is 0 Å². The number of benzene rings is 1. The molecule has 3 aromatic rings. The molecule has 2 aliphatic rings. The van der Waals surface area contributed by atoms with Crippen molar-refractivity contribution >= 4 is 16.5 Å². The molecule has 1 aromatic carbocycles. The molecule has 0 saturated heterocycles. The van der Waals surface area contributed by atoms with E-state index in [1.54, 1.807) is 13.4 Å². The third kappa shape index (κ3) is 2.03. The molecule has 2 aromatic heterocycles. The predicted octanol–water partition coefficient (Wildman–Crippen LogP) is 3.71. The molecular formula is C21H18N2O3. The molecule has 0 N–H and O–H groups in total. The van der Waals surface area contributed by atoms with E-state index < -0.39 is 0 Å². The lowest BCUT2D eigenvalue weighted by atomic mass is 9.97. The Hall–Kier alpha value is -3.08. The Bertz CT molecular complexity index is 1160. The molecule has 4 heterocycles. The second-order valence-electron chi connectivity index (χ2n) is 6.68. The summed E-state index contributed by atoms with van der Waals surface area (Å²) in [6.45, 7) is 2.95. The molecule has 0 saturated carbocycles. The van der Waals surface area contributed by atoms with Crippen LogP contribution in [0.1, 0.15) is 30.0 Å². The minimum Gasteiger partial charge on any atom is -0.497 e. The molecule has 130 valence electrons. The summed E-state index contributed by atoms with van der Waals surface area (Å²) in [5.41, 5.74) is 6.58. The number of fused-ring (bicyclic) bond motifs is 5. The Labute approximate surface area is 150 Å². The van der Waals surface area contributed by atoms with Crippen molar-refractivity contribution in [2.45, 2.75) is 26.5 Å². The number of methoxy groups -OCH3 is 1. The normalized spacial score (nSPS) is 14.3. The van der Waals surface area contributed by atoms with E-state index in [1.807, 2.05) is 22.8 Å². The first-order valence-corrected chi connectivity index (χ1v) is 8.75. The van der Waals surface area contributed by atoms with Gasteiger partial charge in [-0.15, -0.1) is 0 Å². The number of nitrogens with zero attached hydrogens (tertiary/aromatic N) is 2. The molecule has 0 radical (unpaired) electrons. The molecule has 5 nitrogen and oxygen atoms in total. The average molecular weight is 346 g/mol. The zero-order valence-electron chi connectivity index (χ0n) is 14.7. The van der Waals surface area contributed by atoms with Crippen molar-refractivity contribution in [3.63, 3.8) is 0 Å². The number of aromatic nitrogens is 2. The summed E-state index contributed by atoms with van der Waals surface area (Å²) in [6, 6.07) is 10.1. The zero-order chi connectivity index (χ0) is 17.8. The molecule has 0 unspecified atom stereocenters. The van der Waals surface area contributed by atoms with Gasteiger partial charge in [0.2, 0.25) is 0 Å². The minimum atomic E-state index is 0.0242. The van der Waals surface area contributed by atoms with E-state index in [4.69, 9.17) is 14.5 Å². The summed E-state index contributed by atoms with van der Waals surface area (Å²) in [4.78, 5) is 17.9. The Morgan fingerprint density at radius 3 is 2.96 bits per heavy atom. The lowest BCUT2D eigenvalue weighted by Crippen LogP contribution is -2.26. The van der Waals surface area contributed by atoms with E-state index in [1.165, 1.54) is 0 Å². The van der Waals surface area contributed by atoms with Crippen LogP contribution in [0.2, 0.25) is 0 Å². The summed E-state index contributed by atoms with van der Waals surface area (Å²) in [6.07, 6.45) is 2.60. The number of allylic oxidation sites excluding steroid dienone is 1. The third-order valence-electron chi connectivity index (χ3n) is 5.25. The van der Waals surface area contributed by atoms with Crippen LogP contribution in [0.25, 0.3) is 27.9 Å². The molecule has 5 heteroatoms. The lowest BCUT2D eigenvalue weighted by Gasteiger charge is -2.19. The Morgan fingerprint density at radius 1 is 1.27 bits per heavy atom. The van der Waals surface area contributed by atoms with Crippen molar-refractivity contribution in [3.8, 4) is 17.1 Å². The first kappa shape index (κ1) is 15.2. The molecule has 0 fully saturated rings. The molecular weight excluding hydrogens is 328 g/mol. The summed E-state index contributed by atoms with van der Waals surface area (Å²) in [7, 11) is 1.66. The summed E-state index contributed by atoms with van der Waals surface area (Å²) in [5, 5.41) is 1.02. The molecule has 0 atom stereocenters. The minimum absolute atomic E-state index is 0.0242. The monoisotopic (exact) mass is 346 g/mol. The van der Waals surface area contributed by atoms with E-state index >= 15 is 0 Å². The van der Waals surface area contributed by atoms with E-state index in [-0.39, 0.29) is 5.56 Å². The van der Waals surface area contributed by atoms with Gasteiger partial charge in [0.15, 0.2) is 0 Å². The van der Waals surface area contributed by atoms with E-state index in [9.17, 15) is 4.79 Å². The molecule has 5 rings (SSSR count). The summed E-state index contributed by atoms with van der Waals surface area (Å²) < 4.78 is 12.6. The van der Waals surface area contributed by atoms with Crippen LogP contribution in [0.15, 0.2) is 41.4 Å². The van der Waals surface area contributed by atoms with Gasteiger partial charge in [-0.3, -0.25) is 4.79 Å². The highest BCUT2D eigenvalue weighted by Crippen LogP contribution is 2.36. The van der Waals surface area contributed by atoms with E-state index in [2.05, 4.69) is 19.1 Å². The number of hydrogen-bond acceptors (Lipinski definition) is 4. The van der Waals surface area contributed by atoms with Crippen LogP contribution in [0, 0.1) is 0 Å². The highest BCUT2D eigenvalue weighted by molar-refractivity contribution is 5.85. The van der Waals surface area contributed by atoms with Gasteiger partial charge in [0.05, 0.1) is 42.4 Å². The van der Waals surface area contributed by atoms with Gasteiger partial charge < -0.3 is 14.0 Å². The SMILES string of the molecule is CCC1=COCc2c1cc1n(c2=O)Cc2cc3cc(OC)ccc3nc2-1. The molecule has 0 amide bonds. The van der Waals surface area contributed by atoms with Gasteiger partial charge >= 0.3 is 0 Å². The largest absolute Gasteiger partial charge is 0.497 e. The van der Waals surface area contributed by atoms with Crippen LogP contribution in [-0.4, -0.2) is 16.7 Å². The molecule has 0 bridgehead atoms. The van der Waals surface area contributed by atoms with Crippen molar-refractivity contribution < 1.29 is 9.47 Å². The fourth-order valence-corrected chi connectivity index (χ4v) is 3.87. The standard InChI is InChI=1S/C21H18N2O3/c1-3-12-10-26-11-17-16(12)8-19-20-14(9-23(19)21(17)24)6-13-7-15(25-2)4-5-18(13)22-20/h4-8,10H,3,9,11H2,1-2H3. The first-order valence-electron chi connectivity index (χ1n) is 8.75. The number of rotatable bonds is 2. The van der Waals surface area contributed by atoms with Crippen molar-refractivity contribution in [2.24, 2.45) is 0 Å². The van der Waals surface area contributed by atoms with Gasteiger partial charge in [0, 0.05) is 10.9 Å². The van der Waals surface area contributed by atoms with Crippen molar-refractivity contribution in [3.05, 3.63) is 63.6 Å². The number of ether oxygens (including phenoxy) is 2. The number of hydrogen-bond donors (Lipinski definition) is 0. The predicted molar refractivity (Wildman–Crippen MR) is 100 cm³/mol. The van der Waals surface area contributed by atoms with Crippen molar-refractivity contribution in [1.29, 1.82) is 0 Å². The maximum Gasteiger partial charge on any atom is 0.258 e. The molecule has 0 spiro atoms.